The molecule has 0 saturated heterocycles. The van der Waals surface area contributed by atoms with Crippen LogP contribution in [0.25, 0.3) is 0 Å². The zero-order valence-corrected chi connectivity index (χ0v) is 11.1. The van der Waals surface area contributed by atoms with E-state index in [9.17, 15) is 9.32 Å². The lowest BCUT2D eigenvalue weighted by molar-refractivity contribution is 0.203. The average Bonchev–Trinajstić information content (AvgIpc) is 2.40. The van der Waals surface area contributed by atoms with E-state index in [0.717, 1.165) is 16.0 Å². The second-order valence-electron chi connectivity index (χ2n) is 4.25. The largest absolute Gasteiger partial charge is 0.387 e. The summed E-state index contributed by atoms with van der Waals surface area (Å²) in [6, 6.07) is 16.9. The molecule has 0 radical (unpaired) electrons. The first-order chi connectivity index (χ1) is 8.66. The third kappa shape index (κ3) is 3.28. The molecule has 2 aromatic carbocycles. The molecule has 1 unspecified atom stereocenters. The van der Waals surface area contributed by atoms with Crippen LogP contribution in [0.1, 0.15) is 17.2 Å². The second-order valence-corrected chi connectivity index (χ2v) is 5.75. The van der Waals surface area contributed by atoms with Crippen molar-refractivity contribution < 1.29 is 9.32 Å². The van der Waals surface area contributed by atoms with Gasteiger partial charge in [0.15, 0.2) is 0 Å². The quantitative estimate of drug-likeness (QED) is 0.918. The molecule has 1 N–H and O–H groups in total. The Morgan fingerprint density at radius 1 is 1.06 bits per heavy atom. The van der Waals surface area contributed by atoms with Gasteiger partial charge in [-0.2, -0.15) is 0 Å². The Morgan fingerprint density at radius 2 is 1.67 bits per heavy atom. The molecule has 0 saturated carbocycles. The Labute approximate surface area is 110 Å². The number of hydrogen-bond donors (Lipinski definition) is 1. The van der Waals surface area contributed by atoms with Gasteiger partial charge in [0, 0.05) is 4.90 Å². The van der Waals surface area contributed by atoms with Crippen LogP contribution < -0.4 is 0 Å². The molecule has 0 amide bonds. The smallest absolute Gasteiger partial charge is 0.0908 e. The van der Waals surface area contributed by atoms with Gasteiger partial charge in [-0.05, 0) is 24.6 Å². The minimum absolute atomic E-state index is 0.229. The van der Waals surface area contributed by atoms with Gasteiger partial charge in [0.25, 0.3) is 0 Å². The fraction of sp³-hybridized carbons (Fsp3) is 0.200. The molecule has 0 aliphatic heterocycles. The summed E-state index contributed by atoms with van der Waals surface area (Å²) in [7, 11) is -1.17. The van der Waals surface area contributed by atoms with E-state index in [2.05, 4.69) is 0 Å². The van der Waals surface area contributed by atoms with Crippen LogP contribution in [0.2, 0.25) is 0 Å². The summed E-state index contributed by atoms with van der Waals surface area (Å²) >= 11 is 0. The van der Waals surface area contributed by atoms with Crippen LogP contribution in [0.4, 0.5) is 0 Å². The topological polar surface area (TPSA) is 37.3 Å². The summed E-state index contributed by atoms with van der Waals surface area (Å²) in [5.74, 6) is 0.229. The van der Waals surface area contributed by atoms with Crippen LogP contribution in [0.3, 0.4) is 0 Å². The van der Waals surface area contributed by atoms with Crippen molar-refractivity contribution >= 4 is 10.8 Å². The molecule has 2 rings (SSSR count). The molecule has 3 heteroatoms. The first-order valence-corrected chi connectivity index (χ1v) is 7.17. The number of rotatable bonds is 4. The Morgan fingerprint density at radius 3 is 2.28 bits per heavy atom. The maximum absolute atomic E-state index is 12.1. The van der Waals surface area contributed by atoms with E-state index in [0.29, 0.717) is 0 Å². The molecule has 2 atom stereocenters. The maximum atomic E-state index is 12.1. The summed E-state index contributed by atoms with van der Waals surface area (Å²) in [6.45, 7) is 1.99. The Hall–Kier alpha value is -1.45. The summed E-state index contributed by atoms with van der Waals surface area (Å²) in [5, 5.41) is 10.0. The van der Waals surface area contributed by atoms with Crippen LogP contribution in [0, 0.1) is 6.92 Å². The molecule has 18 heavy (non-hydrogen) atoms. The predicted octanol–water partition coefficient (Wildman–Crippen LogP) is 2.84. The third-order valence-corrected chi connectivity index (χ3v) is 4.19. The van der Waals surface area contributed by atoms with Crippen molar-refractivity contribution in [1.29, 1.82) is 0 Å². The lowest BCUT2D eigenvalue weighted by atomic mass is 10.1. The van der Waals surface area contributed by atoms with Crippen molar-refractivity contribution in [3.8, 4) is 0 Å². The van der Waals surface area contributed by atoms with Gasteiger partial charge in [-0.1, -0.05) is 48.0 Å². The molecule has 0 spiro atoms. The molecule has 2 nitrogen and oxygen atoms in total. The van der Waals surface area contributed by atoms with Crippen molar-refractivity contribution in [3.63, 3.8) is 0 Å². The van der Waals surface area contributed by atoms with Crippen molar-refractivity contribution in [1.82, 2.24) is 0 Å². The first-order valence-electron chi connectivity index (χ1n) is 5.85. The van der Waals surface area contributed by atoms with E-state index in [-0.39, 0.29) is 5.75 Å². The van der Waals surface area contributed by atoms with Gasteiger partial charge < -0.3 is 5.11 Å². The minimum Gasteiger partial charge on any atom is -0.387 e. The van der Waals surface area contributed by atoms with Gasteiger partial charge in [0.05, 0.1) is 22.7 Å². The van der Waals surface area contributed by atoms with Gasteiger partial charge >= 0.3 is 0 Å². The SMILES string of the molecule is Cc1ccc(S(=O)C[C@@H](O)c2ccccc2)cc1. The highest BCUT2D eigenvalue weighted by molar-refractivity contribution is 7.85. The van der Waals surface area contributed by atoms with Crippen molar-refractivity contribution in [3.05, 3.63) is 65.7 Å². The molecular weight excluding hydrogens is 244 g/mol. The molecule has 0 aromatic heterocycles. The maximum Gasteiger partial charge on any atom is 0.0908 e. The van der Waals surface area contributed by atoms with Gasteiger partial charge in [0.2, 0.25) is 0 Å². The number of aryl methyl sites for hydroxylation is 1. The predicted molar refractivity (Wildman–Crippen MR) is 73.9 cm³/mol. The highest BCUT2D eigenvalue weighted by atomic mass is 32.2. The fourth-order valence-corrected chi connectivity index (χ4v) is 2.81. The van der Waals surface area contributed by atoms with Crippen LogP contribution in [0.15, 0.2) is 59.5 Å². The van der Waals surface area contributed by atoms with Gasteiger partial charge in [0.1, 0.15) is 0 Å². The highest BCUT2D eigenvalue weighted by Crippen LogP contribution is 2.17. The standard InChI is InChI=1S/C15H16O2S/c1-12-7-9-14(10-8-12)18(17)11-15(16)13-5-3-2-4-6-13/h2-10,15-16H,11H2,1H3/t15-,18?/m1/s1. The molecule has 0 fully saturated rings. The van der Waals surface area contributed by atoms with E-state index in [1.54, 1.807) is 0 Å². The second kappa shape index (κ2) is 5.94. The highest BCUT2D eigenvalue weighted by Gasteiger charge is 2.12. The minimum atomic E-state index is -1.17. The van der Waals surface area contributed by atoms with Crippen LogP contribution >= 0.6 is 0 Å². The van der Waals surface area contributed by atoms with Crippen LogP contribution in [-0.4, -0.2) is 15.1 Å². The van der Waals surface area contributed by atoms with E-state index < -0.39 is 16.9 Å². The Balaban J connectivity index is 2.06. The molecule has 0 heterocycles. The van der Waals surface area contributed by atoms with Gasteiger partial charge in [-0.15, -0.1) is 0 Å². The molecule has 94 valence electrons. The molecule has 2 aromatic rings. The monoisotopic (exact) mass is 260 g/mol. The fourth-order valence-electron chi connectivity index (χ4n) is 1.70. The number of aliphatic hydroxyl groups excluding tert-OH is 1. The lowest BCUT2D eigenvalue weighted by Gasteiger charge is -2.10. The average molecular weight is 260 g/mol. The van der Waals surface area contributed by atoms with Gasteiger partial charge in [-0.25, -0.2) is 0 Å². The van der Waals surface area contributed by atoms with E-state index in [1.165, 1.54) is 0 Å². The van der Waals surface area contributed by atoms with Crippen LogP contribution in [0.5, 0.6) is 0 Å². The summed E-state index contributed by atoms with van der Waals surface area (Å²) < 4.78 is 12.1. The molecule has 0 aliphatic carbocycles. The molecule has 0 bridgehead atoms. The summed E-state index contributed by atoms with van der Waals surface area (Å²) in [4.78, 5) is 0.760. The first kappa shape index (κ1) is 13.0. The zero-order valence-electron chi connectivity index (χ0n) is 10.2. The Kier molecular flexibility index (Phi) is 4.28. The normalized spacial score (nSPS) is 14.1. The van der Waals surface area contributed by atoms with Gasteiger partial charge in [-0.3, -0.25) is 4.21 Å². The van der Waals surface area contributed by atoms with Crippen molar-refractivity contribution in [2.45, 2.75) is 17.9 Å². The number of hydrogen-bond acceptors (Lipinski definition) is 2. The molecule has 0 aliphatic rings. The molecular formula is C15H16O2S. The summed E-state index contributed by atoms with van der Waals surface area (Å²) in [6.07, 6.45) is -0.687. The van der Waals surface area contributed by atoms with E-state index in [1.807, 2.05) is 61.5 Å². The summed E-state index contributed by atoms with van der Waals surface area (Å²) in [5.41, 5.74) is 1.94. The number of aliphatic hydroxyl groups is 1. The third-order valence-electron chi connectivity index (χ3n) is 2.78. The van der Waals surface area contributed by atoms with Crippen molar-refractivity contribution in [2.75, 3.05) is 5.75 Å². The van der Waals surface area contributed by atoms with Crippen molar-refractivity contribution in [2.24, 2.45) is 0 Å². The zero-order chi connectivity index (χ0) is 13.0. The Bertz CT molecular complexity index is 520. The van der Waals surface area contributed by atoms with E-state index in [4.69, 9.17) is 0 Å². The van der Waals surface area contributed by atoms with E-state index >= 15 is 0 Å². The number of benzene rings is 2. The lowest BCUT2D eigenvalue weighted by Crippen LogP contribution is -2.09. The van der Waals surface area contributed by atoms with Crippen LogP contribution in [-0.2, 0) is 10.8 Å².